The van der Waals surface area contributed by atoms with Crippen molar-refractivity contribution in [3.8, 4) is 11.5 Å². The predicted octanol–water partition coefficient (Wildman–Crippen LogP) is 2.50. The van der Waals surface area contributed by atoms with E-state index in [0.29, 0.717) is 17.5 Å². The molecule has 2 fully saturated rings. The Labute approximate surface area is 112 Å². The Hall–Kier alpha value is -1.71. The molecule has 4 heteroatoms. The summed E-state index contributed by atoms with van der Waals surface area (Å²) >= 11 is 0. The van der Waals surface area contributed by atoms with Crippen LogP contribution in [0.25, 0.3) is 0 Å². The first-order chi connectivity index (χ1) is 9.16. The highest BCUT2D eigenvalue weighted by atomic mass is 16.3. The first-order valence-corrected chi connectivity index (χ1v) is 7.00. The van der Waals surface area contributed by atoms with Crippen molar-refractivity contribution in [2.24, 2.45) is 5.92 Å². The molecule has 2 aliphatic rings. The molecule has 2 atom stereocenters. The molecule has 2 unspecified atom stereocenters. The Morgan fingerprint density at radius 1 is 1.11 bits per heavy atom. The third-order valence-electron chi connectivity index (χ3n) is 4.48. The second-order valence-corrected chi connectivity index (χ2v) is 5.60. The quantitative estimate of drug-likeness (QED) is 0.764. The van der Waals surface area contributed by atoms with Crippen molar-refractivity contribution in [1.82, 2.24) is 4.90 Å². The van der Waals surface area contributed by atoms with Crippen LogP contribution in [0.1, 0.15) is 42.5 Å². The van der Waals surface area contributed by atoms with Crippen LogP contribution >= 0.6 is 0 Å². The molecule has 4 nitrogen and oxygen atoms in total. The van der Waals surface area contributed by atoms with E-state index in [4.69, 9.17) is 0 Å². The molecule has 1 aliphatic carbocycles. The van der Waals surface area contributed by atoms with Crippen LogP contribution in [0.2, 0.25) is 0 Å². The van der Waals surface area contributed by atoms with E-state index >= 15 is 0 Å². The van der Waals surface area contributed by atoms with Gasteiger partial charge in [-0.25, -0.2) is 0 Å². The summed E-state index contributed by atoms with van der Waals surface area (Å²) in [6, 6.07) is 4.68. The van der Waals surface area contributed by atoms with Crippen molar-refractivity contribution >= 4 is 5.91 Å². The van der Waals surface area contributed by atoms with Crippen molar-refractivity contribution in [1.29, 1.82) is 0 Å². The van der Waals surface area contributed by atoms with Gasteiger partial charge in [0.2, 0.25) is 0 Å². The van der Waals surface area contributed by atoms with E-state index in [1.54, 1.807) is 6.07 Å². The molecule has 1 aromatic rings. The van der Waals surface area contributed by atoms with Gasteiger partial charge in [0.1, 0.15) is 0 Å². The topological polar surface area (TPSA) is 60.8 Å². The highest BCUT2D eigenvalue weighted by Gasteiger charge is 2.37. The van der Waals surface area contributed by atoms with Crippen molar-refractivity contribution in [2.75, 3.05) is 6.54 Å². The number of carbonyl (C=O) groups is 1. The van der Waals surface area contributed by atoms with Gasteiger partial charge in [-0.3, -0.25) is 4.79 Å². The fourth-order valence-electron chi connectivity index (χ4n) is 3.53. The minimum absolute atomic E-state index is 0.0214. The molecule has 0 bridgehead atoms. The van der Waals surface area contributed by atoms with Crippen LogP contribution in [0.15, 0.2) is 18.2 Å². The van der Waals surface area contributed by atoms with Gasteiger partial charge in [0, 0.05) is 18.2 Å². The van der Waals surface area contributed by atoms with Gasteiger partial charge in [0.05, 0.1) is 0 Å². The molecule has 1 aliphatic heterocycles. The minimum atomic E-state index is -0.231. The van der Waals surface area contributed by atoms with Crippen molar-refractivity contribution < 1.29 is 15.0 Å². The van der Waals surface area contributed by atoms with Crippen molar-refractivity contribution in [2.45, 2.75) is 38.1 Å². The van der Waals surface area contributed by atoms with Gasteiger partial charge in [-0.15, -0.1) is 0 Å². The number of nitrogens with zero attached hydrogens (tertiary/aromatic N) is 1. The Morgan fingerprint density at radius 2 is 1.89 bits per heavy atom. The molecule has 102 valence electrons. The maximum Gasteiger partial charge on any atom is 0.254 e. The summed E-state index contributed by atoms with van der Waals surface area (Å²) < 4.78 is 0. The number of hydrogen-bond donors (Lipinski definition) is 2. The van der Waals surface area contributed by atoms with Crippen LogP contribution in [0.5, 0.6) is 11.5 Å². The van der Waals surface area contributed by atoms with Crippen molar-refractivity contribution in [3.63, 3.8) is 0 Å². The Balaban J connectivity index is 1.84. The lowest BCUT2D eigenvalue weighted by atomic mass is 9.91. The van der Waals surface area contributed by atoms with Crippen LogP contribution in [-0.2, 0) is 0 Å². The normalized spacial score (nSPS) is 26.2. The van der Waals surface area contributed by atoms with Gasteiger partial charge >= 0.3 is 0 Å². The fourth-order valence-corrected chi connectivity index (χ4v) is 3.53. The predicted molar refractivity (Wildman–Crippen MR) is 71.2 cm³/mol. The molecule has 1 heterocycles. The maximum absolute atomic E-state index is 12.5. The second-order valence-electron chi connectivity index (χ2n) is 5.60. The lowest BCUT2D eigenvalue weighted by Crippen LogP contribution is -2.46. The van der Waals surface area contributed by atoms with Gasteiger partial charge in [0.15, 0.2) is 11.5 Å². The zero-order chi connectivity index (χ0) is 13.4. The Bertz CT molecular complexity index is 500. The van der Waals surface area contributed by atoms with Gasteiger partial charge in [-0.1, -0.05) is 6.42 Å². The number of hydrogen-bond acceptors (Lipinski definition) is 3. The van der Waals surface area contributed by atoms with E-state index in [9.17, 15) is 15.0 Å². The minimum Gasteiger partial charge on any atom is -0.504 e. The number of phenolic OH excluding ortho intramolecular Hbond substituents is 2. The summed E-state index contributed by atoms with van der Waals surface area (Å²) in [5, 5.41) is 18.8. The van der Waals surface area contributed by atoms with Crippen LogP contribution in [0, 0.1) is 5.92 Å². The van der Waals surface area contributed by atoms with Gasteiger partial charge < -0.3 is 15.1 Å². The SMILES string of the molecule is O=C(c1ccc(O)c(O)c1)N1CCCC2CCCC21. The smallest absolute Gasteiger partial charge is 0.254 e. The number of fused-ring (bicyclic) bond motifs is 1. The first kappa shape index (κ1) is 12.3. The summed E-state index contributed by atoms with van der Waals surface area (Å²) in [6.45, 7) is 0.807. The number of phenols is 2. The number of amides is 1. The highest BCUT2D eigenvalue weighted by Crippen LogP contribution is 2.37. The molecular weight excluding hydrogens is 242 g/mol. The molecule has 0 aromatic heterocycles. The fraction of sp³-hybridized carbons (Fsp3) is 0.533. The number of carbonyl (C=O) groups excluding carboxylic acids is 1. The van der Waals surface area contributed by atoms with E-state index < -0.39 is 0 Å². The van der Waals surface area contributed by atoms with Crippen LogP contribution < -0.4 is 0 Å². The molecule has 1 saturated carbocycles. The van der Waals surface area contributed by atoms with Crippen LogP contribution in [0.3, 0.4) is 0 Å². The average Bonchev–Trinajstić information content (AvgIpc) is 2.89. The third kappa shape index (κ3) is 2.15. The van der Waals surface area contributed by atoms with E-state index in [1.165, 1.54) is 31.4 Å². The van der Waals surface area contributed by atoms with Crippen LogP contribution in [-0.4, -0.2) is 33.6 Å². The van der Waals surface area contributed by atoms with Gasteiger partial charge in [-0.05, 0) is 49.8 Å². The molecule has 19 heavy (non-hydrogen) atoms. The summed E-state index contributed by atoms with van der Waals surface area (Å²) in [5.41, 5.74) is 0.461. The molecule has 1 amide bonds. The molecule has 0 spiro atoms. The van der Waals surface area contributed by atoms with E-state index in [2.05, 4.69) is 0 Å². The third-order valence-corrected chi connectivity index (χ3v) is 4.48. The lowest BCUT2D eigenvalue weighted by Gasteiger charge is -2.37. The van der Waals surface area contributed by atoms with E-state index in [-0.39, 0.29) is 17.4 Å². The molecular formula is C15H19NO3. The molecule has 1 aromatic carbocycles. The van der Waals surface area contributed by atoms with E-state index in [0.717, 1.165) is 19.4 Å². The monoisotopic (exact) mass is 261 g/mol. The zero-order valence-corrected chi connectivity index (χ0v) is 10.9. The number of likely N-dealkylation sites (tertiary alicyclic amines) is 1. The number of benzene rings is 1. The van der Waals surface area contributed by atoms with E-state index in [1.807, 2.05) is 4.90 Å². The maximum atomic E-state index is 12.5. The number of piperidine rings is 1. The van der Waals surface area contributed by atoms with Crippen molar-refractivity contribution in [3.05, 3.63) is 23.8 Å². The summed E-state index contributed by atoms with van der Waals surface area (Å²) in [6.07, 6.45) is 5.84. The Morgan fingerprint density at radius 3 is 2.68 bits per heavy atom. The molecule has 0 radical (unpaired) electrons. The molecule has 1 saturated heterocycles. The van der Waals surface area contributed by atoms with Gasteiger partial charge in [-0.2, -0.15) is 0 Å². The summed E-state index contributed by atoms with van der Waals surface area (Å²) in [7, 11) is 0. The lowest BCUT2D eigenvalue weighted by molar-refractivity contribution is 0.0548. The molecule has 3 rings (SSSR count). The zero-order valence-electron chi connectivity index (χ0n) is 10.9. The standard InChI is InChI=1S/C15H19NO3/c17-13-7-6-11(9-14(13)18)15(19)16-8-2-4-10-3-1-5-12(10)16/h6-7,9-10,12,17-18H,1-5,8H2. The second kappa shape index (κ2) is 4.76. The average molecular weight is 261 g/mol. The Kier molecular flexibility index (Phi) is 3.09. The highest BCUT2D eigenvalue weighted by molar-refractivity contribution is 5.95. The largest absolute Gasteiger partial charge is 0.504 e. The van der Waals surface area contributed by atoms with Crippen LogP contribution in [0.4, 0.5) is 0 Å². The molecule has 2 N–H and O–H groups in total. The summed E-state index contributed by atoms with van der Waals surface area (Å²) in [4.78, 5) is 14.5. The number of aromatic hydroxyl groups is 2. The number of rotatable bonds is 1. The summed E-state index contributed by atoms with van der Waals surface area (Å²) in [5.74, 6) is 0.218. The first-order valence-electron chi connectivity index (χ1n) is 7.00. The van der Waals surface area contributed by atoms with Gasteiger partial charge in [0.25, 0.3) is 5.91 Å².